The maximum Gasteiger partial charge on any atom is 0.00104 e. The van der Waals surface area contributed by atoms with Gasteiger partial charge in [-0.1, -0.05) is 53.4 Å². The van der Waals surface area contributed by atoms with Gasteiger partial charge in [0.25, 0.3) is 0 Å². The first-order chi connectivity index (χ1) is 7.67. The zero-order valence-electron chi connectivity index (χ0n) is 11.8. The summed E-state index contributed by atoms with van der Waals surface area (Å²) in [6.07, 6.45) is 8.65. The highest BCUT2D eigenvalue weighted by atomic mass is 14.9. The highest BCUT2D eigenvalue weighted by Crippen LogP contribution is 2.37. The molecule has 3 unspecified atom stereocenters. The van der Waals surface area contributed by atoms with E-state index in [0.29, 0.717) is 6.04 Å². The van der Waals surface area contributed by atoms with Gasteiger partial charge in [-0.05, 0) is 37.1 Å². The maximum absolute atomic E-state index is 3.63. The highest BCUT2D eigenvalue weighted by Gasteiger charge is 2.28. The fraction of sp³-hybridized carbons (Fsp3) is 1.00. The molecule has 0 aromatic carbocycles. The van der Waals surface area contributed by atoms with E-state index >= 15 is 0 Å². The normalized spacial score (nSPS) is 30.9. The van der Waals surface area contributed by atoms with Gasteiger partial charge < -0.3 is 5.32 Å². The molecule has 0 bridgehead atoms. The van der Waals surface area contributed by atoms with Gasteiger partial charge in [-0.15, -0.1) is 0 Å². The molecule has 3 atom stereocenters. The largest absolute Gasteiger partial charge is 0.314 e. The van der Waals surface area contributed by atoms with Gasteiger partial charge in [-0.2, -0.15) is 0 Å². The molecular weight excluding hydrogens is 194 g/mol. The molecule has 0 saturated heterocycles. The van der Waals surface area contributed by atoms with Gasteiger partial charge in [0.05, 0.1) is 0 Å². The summed E-state index contributed by atoms with van der Waals surface area (Å²) in [5.41, 5.74) is 0. The molecule has 1 aliphatic rings. The summed E-state index contributed by atoms with van der Waals surface area (Å²) in [5.74, 6) is 2.96. The van der Waals surface area contributed by atoms with E-state index < -0.39 is 0 Å². The van der Waals surface area contributed by atoms with Crippen LogP contribution < -0.4 is 5.32 Å². The van der Waals surface area contributed by atoms with Crippen molar-refractivity contribution in [3.8, 4) is 0 Å². The molecule has 1 aliphatic carbocycles. The monoisotopic (exact) mass is 225 g/mol. The van der Waals surface area contributed by atoms with Gasteiger partial charge in [-0.25, -0.2) is 0 Å². The Hall–Kier alpha value is -0.0400. The first kappa shape index (κ1) is 14.0. The van der Waals surface area contributed by atoms with E-state index in [0.717, 1.165) is 17.8 Å². The van der Waals surface area contributed by atoms with Gasteiger partial charge in [0.1, 0.15) is 0 Å². The van der Waals surface area contributed by atoms with Gasteiger partial charge in [0, 0.05) is 6.04 Å². The van der Waals surface area contributed by atoms with Crippen LogP contribution in [0.4, 0.5) is 0 Å². The van der Waals surface area contributed by atoms with Crippen LogP contribution in [0.2, 0.25) is 0 Å². The quantitative estimate of drug-likeness (QED) is 0.713. The zero-order chi connectivity index (χ0) is 12.0. The van der Waals surface area contributed by atoms with E-state index in [1.165, 1.54) is 45.1 Å². The highest BCUT2D eigenvalue weighted by molar-refractivity contribution is 4.81. The molecule has 1 heteroatoms. The molecule has 1 N–H and O–H groups in total. The molecule has 0 radical (unpaired) electrons. The predicted molar refractivity (Wildman–Crippen MR) is 72.7 cm³/mol. The Labute approximate surface area is 102 Å². The molecule has 1 rings (SSSR count). The van der Waals surface area contributed by atoms with Gasteiger partial charge in [0.15, 0.2) is 0 Å². The lowest BCUT2D eigenvalue weighted by molar-refractivity contribution is 0.162. The predicted octanol–water partition coefficient (Wildman–Crippen LogP) is 4.23. The molecule has 1 fully saturated rings. The summed E-state index contributed by atoms with van der Waals surface area (Å²) in [4.78, 5) is 0. The van der Waals surface area contributed by atoms with Gasteiger partial charge in [-0.3, -0.25) is 0 Å². The lowest BCUT2D eigenvalue weighted by Crippen LogP contribution is -2.35. The molecule has 96 valence electrons. The Kier molecular flexibility index (Phi) is 6.41. The van der Waals surface area contributed by atoms with Crippen molar-refractivity contribution in [2.75, 3.05) is 6.54 Å². The molecule has 1 saturated carbocycles. The summed E-state index contributed by atoms with van der Waals surface area (Å²) in [7, 11) is 0. The molecule has 0 aromatic rings. The fourth-order valence-electron chi connectivity index (χ4n) is 3.25. The van der Waals surface area contributed by atoms with Crippen LogP contribution in [0.3, 0.4) is 0 Å². The number of nitrogens with one attached hydrogen (secondary N) is 1. The van der Waals surface area contributed by atoms with Crippen molar-refractivity contribution in [3.63, 3.8) is 0 Å². The average Bonchev–Trinajstić information content (AvgIpc) is 2.27. The fourth-order valence-corrected chi connectivity index (χ4v) is 3.25. The van der Waals surface area contributed by atoms with E-state index in [1.807, 2.05) is 0 Å². The van der Waals surface area contributed by atoms with Crippen LogP contribution in [-0.4, -0.2) is 12.6 Å². The first-order valence-electron chi connectivity index (χ1n) is 7.40. The third-order valence-electron chi connectivity index (χ3n) is 4.26. The lowest BCUT2D eigenvalue weighted by atomic mass is 9.71. The topological polar surface area (TPSA) is 12.0 Å². The van der Waals surface area contributed by atoms with E-state index in [9.17, 15) is 0 Å². The number of rotatable bonds is 6. The second-order valence-electron chi connectivity index (χ2n) is 5.96. The molecular formula is C15H31N. The minimum absolute atomic E-state index is 0.644. The van der Waals surface area contributed by atoms with Crippen LogP contribution in [0.1, 0.15) is 66.2 Å². The molecule has 0 aliphatic heterocycles. The van der Waals surface area contributed by atoms with Crippen molar-refractivity contribution in [2.45, 2.75) is 72.3 Å². The summed E-state index contributed by atoms with van der Waals surface area (Å²) in [6.45, 7) is 10.5. The van der Waals surface area contributed by atoms with Crippen LogP contribution in [0, 0.1) is 17.8 Å². The standard InChI is InChI=1S/C15H31N/c1-5-7-13-8-9-15(11-16-12(3)4)14(6-2)10-13/h12-16H,5-11H2,1-4H3. The summed E-state index contributed by atoms with van der Waals surface area (Å²) >= 11 is 0. The molecule has 0 spiro atoms. The Morgan fingerprint density at radius 1 is 1.12 bits per heavy atom. The number of hydrogen-bond acceptors (Lipinski definition) is 1. The Morgan fingerprint density at radius 2 is 1.88 bits per heavy atom. The Balaban J connectivity index is 2.36. The van der Waals surface area contributed by atoms with E-state index in [-0.39, 0.29) is 0 Å². The Bertz CT molecular complexity index is 176. The van der Waals surface area contributed by atoms with Crippen molar-refractivity contribution in [2.24, 2.45) is 17.8 Å². The number of hydrogen-bond donors (Lipinski definition) is 1. The maximum atomic E-state index is 3.63. The SMILES string of the molecule is CCCC1CCC(CNC(C)C)C(CC)C1. The van der Waals surface area contributed by atoms with Crippen LogP contribution in [0.15, 0.2) is 0 Å². The minimum atomic E-state index is 0.644. The third-order valence-corrected chi connectivity index (χ3v) is 4.26. The third kappa shape index (κ3) is 4.45. The second kappa shape index (κ2) is 7.32. The smallest absolute Gasteiger partial charge is 0.00104 e. The van der Waals surface area contributed by atoms with Gasteiger partial charge >= 0.3 is 0 Å². The van der Waals surface area contributed by atoms with Crippen molar-refractivity contribution >= 4 is 0 Å². The van der Waals surface area contributed by atoms with Crippen molar-refractivity contribution in [1.82, 2.24) is 5.32 Å². The second-order valence-corrected chi connectivity index (χ2v) is 5.96. The summed E-state index contributed by atoms with van der Waals surface area (Å²) in [6, 6.07) is 0.644. The summed E-state index contributed by atoms with van der Waals surface area (Å²) < 4.78 is 0. The average molecular weight is 225 g/mol. The van der Waals surface area contributed by atoms with Crippen LogP contribution in [0.25, 0.3) is 0 Å². The first-order valence-corrected chi connectivity index (χ1v) is 7.40. The van der Waals surface area contributed by atoms with Crippen LogP contribution >= 0.6 is 0 Å². The summed E-state index contributed by atoms with van der Waals surface area (Å²) in [5, 5.41) is 3.63. The van der Waals surface area contributed by atoms with Crippen molar-refractivity contribution in [1.29, 1.82) is 0 Å². The molecule has 0 aromatic heterocycles. The van der Waals surface area contributed by atoms with E-state index in [4.69, 9.17) is 0 Å². The minimum Gasteiger partial charge on any atom is -0.314 e. The molecule has 16 heavy (non-hydrogen) atoms. The van der Waals surface area contributed by atoms with Crippen LogP contribution in [-0.2, 0) is 0 Å². The van der Waals surface area contributed by atoms with E-state index in [2.05, 4.69) is 33.0 Å². The lowest BCUT2D eigenvalue weighted by Gasteiger charge is -2.36. The van der Waals surface area contributed by atoms with E-state index in [1.54, 1.807) is 0 Å². The Morgan fingerprint density at radius 3 is 2.44 bits per heavy atom. The molecule has 1 nitrogen and oxygen atoms in total. The van der Waals surface area contributed by atoms with Crippen molar-refractivity contribution < 1.29 is 0 Å². The molecule has 0 amide bonds. The van der Waals surface area contributed by atoms with Crippen LogP contribution in [0.5, 0.6) is 0 Å². The molecule has 0 heterocycles. The van der Waals surface area contributed by atoms with Gasteiger partial charge in [0.2, 0.25) is 0 Å². The zero-order valence-corrected chi connectivity index (χ0v) is 11.8. The van der Waals surface area contributed by atoms with Crippen molar-refractivity contribution in [3.05, 3.63) is 0 Å².